The molecule has 0 aliphatic carbocycles. The molecule has 148 valence electrons. The average molecular weight is 411 g/mol. The van der Waals surface area contributed by atoms with Gasteiger partial charge in [0, 0.05) is 36.5 Å². The second kappa shape index (κ2) is 8.45. The zero-order valence-corrected chi connectivity index (χ0v) is 16.4. The molecule has 4 rings (SSSR count). The maximum absolute atomic E-state index is 10.8. The van der Waals surface area contributed by atoms with Crippen molar-refractivity contribution in [2.75, 3.05) is 18.0 Å². The lowest BCUT2D eigenvalue weighted by Gasteiger charge is -2.28. The first-order chi connectivity index (χ1) is 14.1. The molecule has 0 unspecified atom stereocenters. The maximum Gasteiger partial charge on any atom is 0.269 e. The lowest BCUT2D eigenvalue weighted by atomic mass is 10.1. The summed E-state index contributed by atoms with van der Waals surface area (Å²) in [7, 11) is 0. The summed E-state index contributed by atoms with van der Waals surface area (Å²) in [6.07, 6.45) is 5.55. The molecular formula is C21H19ClN4O3. The van der Waals surface area contributed by atoms with E-state index in [2.05, 4.69) is 27.2 Å². The fourth-order valence-corrected chi connectivity index (χ4v) is 3.51. The number of halogens is 1. The molecule has 0 N–H and O–H groups in total. The van der Waals surface area contributed by atoms with Gasteiger partial charge in [0.05, 0.1) is 4.92 Å². The third kappa shape index (κ3) is 4.46. The Labute approximate surface area is 172 Å². The number of anilines is 1. The summed E-state index contributed by atoms with van der Waals surface area (Å²) >= 11 is 6.36. The van der Waals surface area contributed by atoms with E-state index in [1.807, 2.05) is 12.1 Å². The molecule has 0 bridgehead atoms. The van der Waals surface area contributed by atoms with Gasteiger partial charge in [-0.25, -0.2) is 0 Å². The van der Waals surface area contributed by atoms with E-state index < -0.39 is 4.92 Å². The van der Waals surface area contributed by atoms with Crippen molar-refractivity contribution in [3.05, 3.63) is 70.1 Å². The largest absolute Gasteiger partial charge is 0.415 e. The number of nitrogens with zero attached hydrogens (tertiary/aromatic N) is 4. The molecule has 8 heteroatoms. The molecule has 0 atom stereocenters. The van der Waals surface area contributed by atoms with Crippen LogP contribution in [0.1, 0.15) is 30.7 Å². The number of benzene rings is 2. The van der Waals surface area contributed by atoms with Crippen molar-refractivity contribution in [2.24, 2.45) is 0 Å². The van der Waals surface area contributed by atoms with Crippen LogP contribution in [0.25, 0.3) is 22.6 Å². The summed E-state index contributed by atoms with van der Waals surface area (Å²) in [5.41, 5.74) is 2.74. The van der Waals surface area contributed by atoms with Gasteiger partial charge in [-0.3, -0.25) is 10.1 Å². The van der Waals surface area contributed by atoms with Crippen LogP contribution in [0.3, 0.4) is 0 Å². The van der Waals surface area contributed by atoms with E-state index in [1.54, 1.807) is 18.2 Å². The molecule has 2 heterocycles. The van der Waals surface area contributed by atoms with Crippen LogP contribution < -0.4 is 4.90 Å². The Balaban J connectivity index is 1.48. The second-order valence-electron chi connectivity index (χ2n) is 6.85. The summed E-state index contributed by atoms with van der Waals surface area (Å²) < 4.78 is 5.62. The van der Waals surface area contributed by atoms with Gasteiger partial charge in [-0.1, -0.05) is 23.7 Å². The Kier molecular flexibility index (Phi) is 5.57. The Morgan fingerprint density at radius 1 is 1.03 bits per heavy atom. The maximum atomic E-state index is 10.8. The highest BCUT2D eigenvalue weighted by Crippen LogP contribution is 2.27. The molecule has 1 aliphatic heterocycles. The number of hydrogen-bond acceptors (Lipinski definition) is 6. The number of non-ortho nitro benzene ring substituents is 1. The fourth-order valence-electron chi connectivity index (χ4n) is 3.30. The molecule has 1 aromatic heterocycles. The molecule has 2 aromatic carbocycles. The van der Waals surface area contributed by atoms with E-state index in [0.29, 0.717) is 10.6 Å². The van der Waals surface area contributed by atoms with Crippen LogP contribution in [0.2, 0.25) is 0 Å². The highest BCUT2D eigenvalue weighted by Gasteiger charge is 2.14. The summed E-state index contributed by atoms with van der Waals surface area (Å²) in [6, 6.07) is 14.1. The minimum Gasteiger partial charge on any atom is -0.415 e. The van der Waals surface area contributed by atoms with Gasteiger partial charge in [-0.2, -0.15) is 0 Å². The molecular weight excluding hydrogens is 392 g/mol. The van der Waals surface area contributed by atoms with Crippen LogP contribution in [0, 0.1) is 10.1 Å². The molecule has 0 saturated carbocycles. The summed E-state index contributed by atoms with van der Waals surface area (Å²) in [5, 5.41) is 19.0. The lowest BCUT2D eigenvalue weighted by molar-refractivity contribution is -0.384. The molecule has 3 aromatic rings. The van der Waals surface area contributed by atoms with Gasteiger partial charge in [0.15, 0.2) is 0 Å². The highest BCUT2D eigenvalue weighted by atomic mass is 35.5. The standard InChI is InChI=1S/C21H19ClN4O3/c22-19(14-15-4-8-17(9-5-15)25-12-2-1-3-13-25)21-24-23-20(29-21)16-6-10-18(11-7-16)26(27)28/h4-11,14H,1-3,12-13H2/b19-14-. The van der Waals surface area contributed by atoms with Gasteiger partial charge >= 0.3 is 0 Å². The van der Waals surface area contributed by atoms with Gasteiger partial charge in [0.25, 0.3) is 11.6 Å². The molecule has 1 saturated heterocycles. The minimum absolute atomic E-state index is 0.000540. The SMILES string of the molecule is O=[N+]([O-])c1ccc(-c2nnc(/C(Cl)=C/c3ccc(N4CCCCC4)cc3)o2)cc1. The summed E-state index contributed by atoms with van der Waals surface area (Å²) in [4.78, 5) is 12.7. The predicted molar refractivity (Wildman–Crippen MR) is 113 cm³/mol. The van der Waals surface area contributed by atoms with Crippen LogP contribution in [-0.4, -0.2) is 28.2 Å². The van der Waals surface area contributed by atoms with Crippen molar-refractivity contribution >= 4 is 34.1 Å². The van der Waals surface area contributed by atoms with Gasteiger partial charge in [0.1, 0.15) is 5.03 Å². The van der Waals surface area contributed by atoms with E-state index in [9.17, 15) is 10.1 Å². The number of piperidine rings is 1. The van der Waals surface area contributed by atoms with E-state index in [1.165, 1.54) is 37.1 Å². The third-order valence-corrected chi connectivity index (χ3v) is 5.13. The van der Waals surface area contributed by atoms with Crippen molar-refractivity contribution in [2.45, 2.75) is 19.3 Å². The first-order valence-electron chi connectivity index (χ1n) is 9.41. The van der Waals surface area contributed by atoms with E-state index in [-0.39, 0.29) is 17.5 Å². The quantitative estimate of drug-likeness (QED) is 0.415. The molecule has 29 heavy (non-hydrogen) atoms. The Morgan fingerprint density at radius 2 is 1.72 bits per heavy atom. The molecule has 0 spiro atoms. The molecule has 1 aliphatic rings. The van der Waals surface area contributed by atoms with Crippen molar-refractivity contribution in [3.63, 3.8) is 0 Å². The molecule has 0 amide bonds. The van der Waals surface area contributed by atoms with Crippen molar-refractivity contribution < 1.29 is 9.34 Å². The first-order valence-corrected chi connectivity index (χ1v) is 9.79. The summed E-state index contributed by atoms with van der Waals surface area (Å²) in [6.45, 7) is 2.20. The highest BCUT2D eigenvalue weighted by molar-refractivity contribution is 6.50. The van der Waals surface area contributed by atoms with Crippen molar-refractivity contribution in [1.29, 1.82) is 0 Å². The van der Waals surface area contributed by atoms with Crippen LogP contribution in [0.4, 0.5) is 11.4 Å². The fraction of sp³-hybridized carbons (Fsp3) is 0.238. The molecule has 7 nitrogen and oxygen atoms in total. The van der Waals surface area contributed by atoms with Gasteiger partial charge in [0.2, 0.25) is 5.89 Å². The Morgan fingerprint density at radius 3 is 2.38 bits per heavy atom. The van der Waals surface area contributed by atoms with Crippen molar-refractivity contribution in [3.8, 4) is 11.5 Å². The van der Waals surface area contributed by atoms with Crippen LogP contribution in [0.15, 0.2) is 52.9 Å². The number of hydrogen-bond donors (Lipinski definition) is 0. The van der Waals surface area contributed by atoms with Gasteiger partial charge in [-0.15, -0.1) is 10.2 Å². The molecule has 0 radical (unpaired) electrons. The number of nitro groups is 1. The van der Waals surface area contributed by atoms with Gasteiger partial charge in [-0.05, 0) is 55.2 Å². The topological polar surface area (TPSA) is 85.3 Å². The first kappa shape index (κ1) is 19.1. The van der Waals surface area contributed by atoms with E-state index >= 15 is 0 Å². The second-order valence-corrected chi connectivity index (χ2v) is 7.26. The van der Waals surface area contributed by atoms with Crippen LogP contribution in [-0.2, 0) is 0 Å². The monoisotopic (exact) mass is 410 g/mol. The smallest absolute Gasteiger partial charge is 0.269 e. The normalized spacial score (nSPS) is 14.8. The summed E-state index contributed by atoms with van der Waals surface area (Å²) in [5.74, 6) is 0.446. The van der Waals surface area contributed by atoms with Crippen LogP contribution >= 0.6 is 11.6 Å². The number of nitro benzene ring substituents is 1. The number of rotatable bonds is 5. The van der Waals surface area contributed by atoms with E-state index in [0.717, 1.165) is 18.7 Å². The number of aromatic nitrogens is 2. The Hall–Kier alpha value is -3.19. The zero-order chi connectivity index (χ0) is 20.2. The third-order valence-electron chi connectivity index (χ3n) is 4.86. The average Bonchev–Trinajstić information content (AvgIpc) is 3.25. The predicted octanol–water partition coefficient (Wildman–Crippen LogP) is 5.37. The van der Waals surface area contributed by atoms with E-state index in [4.69, 9.17) is 16.0 Å². The lowest BCUT2D eigenvalue weighted by Crippen LogP contribution is -2.29. The Bertz CT molecular complexity index is 1020. The molecule has 1 fully saturated rings. The minimum atomic E-state index is -0.459. The van der Waals surface area contributed by atoms with Crippen LogP contribution in [0.5, 0.6) is 0 Å². The zero-order valence-electron chi connectivity index (χ0n) is 15.6. The van der Waals surface area contributed by atoms with Gasteiger partial charge < -0.3 is 9.32 Å². The van der Waals surface area contributed by atoms with Crippen molar-refractivity contribution in [1.82, 2.24) is 10.2 Å².